The molecule has 0 amide bonds. The van der Waals surface area contributed by atoms with Crippen LogP contribution in [0.1, 0.15) is 21.1 Å². The zero-order chi connectivity index (χ0) is 8.43. The van der Waals surface area contributed by atoms with Crippen LogP contribution in [0.3, 0.4) is 0 Å². The second-order valence-electron chi connectivity index (χ2n) is 1.77. The van der Waals surface area contributed by atoms with Gasteiger partial charge in [-0.25, -0.2) is 9.59 Å². The first-order valence-electron chi connectivity index (χ1n) is 2.67. The number of carbonyl (C=O) groups is 2. The minimum Gasteiger partial charge on any atom is -0.475 e. The van der Waals surface area contributed by atoms with Gasteiger partial charge in [0.2, 0.25) is 11.5 Å². The summed E-state index contributed by atoms with van der Waals surface area (Å²) in [4.78, 5) is 20.3. The quantitative estimate of drug-likeness (QED) is 0.654. The summed E-state index contributed by atoms with van der Waals surface area (Å²) >= 11 is 0. The third-order valence-corrected chi connectivity index (χ3v) is 1.03. The summed E-state index contributed by atoms with van der Waals surface area (Å²) in [5, 5.41) is 16.6. The molecular weight excluding hydrogens is 198 g/mol. The van der Waals surface area contributed by atoms with Gasteiger partial charge in [-0.2, -0.15) is 0 Å². The Bertz CT molecular complexity index is 277. The maximum absolute atomic E-state index is 10.2. The molecule has 2 N–H and O–H groups in total. The van der Waals surface area contributed by atoms with Gasteiger partial charge in [0.15, 0.2) is 0 Å². The molecule has 0 unspecified atom stereocenters. The average Bonchev–Trinajstić information content (AvgIpc) is 2.33. The maximum atomic E-state index is 10.2. The van der Waals surface area contributed by atoms with Crippen molar-refractivity contribution in [2.75, 3.05) is 0 Å². The standard InChI is InChI=1S/C6H4O5.2Na/c7-5(8)3-1-2-4(11-3)6(9)10;;/h1-2H,(H,7,8)(H,9,10);;. The summed E-state index contributed by atoms with van der Waals surface area (Å²) in [5.74, 6) is -3.31. The zero-order valence-corrected chi connectivity index (χ0v) is 11.3. The molecule has 1 heterocycles. The topological polar surface area (TPSA) is 87.7 Å². The van der Waals surface area contributed by atoms with Crippen molar-refractivity contribution in [3.8, 4) is 0 Å². The van der Waals surface area contributed by atoms with Crippen LogP contribution in [0.25, 0.3) is 0 Å². The Morgan fingerprint density at radius 1 is 1.00 bits per heavy atom. The van der Waals surface area contributed by atoms with Crippen LogP contribution in [0.5, 0.6) is 0 Å². The van der Waals surface area contributed by atoms with Crippen LogP contribution >= 0.6 is 0 Å². The van der Waals surface area contributed by atoms with Crippen molar-refractivity contribution < 1.29 is 24.2 Å². The largest absolute Gasteiger partial charge is 0.475 e. The molecule has 13 heavy (non-hydrogen) atoms. The van der Waals surface area contributed by atoms with Gasteiger partial charge in [0, 0.05) is 59.1 Å². The average molecular weight is 202 g/mol. The molecule has 1 aromatic rings. The zero-order valence-electron chi connectivity index (χ0n) is 7.27. The molecule has 0 aliphatic rings. The van der Waals surface area contributed by atoms with Crippen LogP contribution in [0.4, 0.5) is 0 Å². The predicted octanol–water partition coefficient (Wildman–Crippen LogP) is -0.0856. The fourth-order valence-corrected chi connectivity index (χ4v) is 0.568. The van der Waals surface area contributed by atoms with Crippen molar-refractivity contribution in [1.29, 1.82) is 0 Å². The molecule has 0 spiro atoms. The first-order chi connectivity index (χ1) is 5.11. The Balaban J connectivity index is 0. The second-order valence-corrected chi connectivity index (χ2v) is 1.77. The Morgan fingerprint density at radius 2 is 1.31 bits per heavy atom. The maximum Gasteiger partial charge on any atom is 0.371 e. The first kappa shape index (κ1) is 15.7. The van der Waals surface area contributed by atoms with E-state index in [0.29, 0.717) is 0 Å². The van der Waals surface area contributed by atoms with Gasteiger partial charge < -0.3 is 14.6 Å². The monoisotopic (exact) mass is 202 g/mol. The molecule has 0 aliphatic heterocycles. The third-order valence-electron chi connectivity index (χ3n) is 1.03. The van der Waals surface area contributed by atoms with Crippen LogP contribution in [0, 0.1) is 0 Å². The van der Waals surface area contributed by atoms with E-state index in [1.54, 1.807) is 0 Å². The second kappa shape index (κ2) is 6.64. The summed E-state index contributed by atoms with van der Waals surface area (Å²) in [6, 6.07) is 2.18. The van der Waals surface area contributed by atoms with Gasteiger partial charge in [0.05, 0.1) is 0 Å². The molecule has 0 saturated heterocycles. The summed E-state index contributed by atoms with van der Waals surface area (Å²) in [5.41, 5.74) is 0. The smallest absolute Gasteiger partial charge is 0.371 e. The van der Waals surface area contributed by atoms with Crippen LogP contribution in [-0.4, -0.2) is 81.3 Å². The summed E-state index contributed by atoms with van der Waals surface area (Å²) in [6.45, 7) is 0. The van der Waals surface area contributed by atoms with E-state index >= 15 is 0 Å². The molecule has 0 bridgehead atoms. The van der Waals surface area contributed by atoms with Gasteiger partial charge in [-0.3, -0.25) is 0 Å². The number of aromatic carboxylic acids is 2. The van der Waals surface area contributed by atoms with E-state index < -0.39 is 11.9 Å². The van der Waals surface area contributed by atoms with Crippen LogP contribution in [-0.2, 0) is 0 Å². The molecule has 0 aliphatic carbocycles. The van der Waals surface area contributed by atoms with Gasteiger partial charge in [0.1, 0.15) is 0 Å². The summed E-state index contributed by atoms with van der Waals surface area (Å²) in [7, 11) is 0. The van der Waals surface area contributed by atoms with Crippen molar-refractivity contribution in [2.24, 2.45) is 0 Å². The third kappa shape index (κ3) is 4.30. The van der Waals surface area contributed by atoms with E-state index in [0.717, 1.165) is 12.1 Å². The van der Waals surface area contributed by atoms with Gasteiger partial charge >= 0.3 is 11.9 Å². The summed E-state index contributed by atoms with van der Waals surface area (Å²) < 4.78 is 4.41. The van der Waals surface area contributed by atoms with Gasteiger partial charge in [-0.1, -0.05) is 0 Å². The number of hydrogen-bond acceptors (Lipinski definition) is 3. The van der Waals surface area contributed by atoms with E-state index in [2.05, 4.69) is 4.42 Å². The van der Waals surface area contributed by atoms with E-state index in [1.807, 2.05) is 0 Å². The number of rotatable bonds is 2. The van der Waals surface area contributed by atoms with Crippen molar-refractivity contribution in [2.45, 2.75) is 0 Å². The van der Waals surface area contributed by atoms with Crippen molar-refractivity contribution in [1.82, 2.24) is 0 Å². The molecule has 2 radical (unpaired) electrons. The van der Waals surface area contributed by atoms with Crippen LogP contribution < -0.4 is 0 Å². The molecule has 5 nitrogen and oxygen atoms in total. The van der Waals surface area contributed by atoms with Crippen molar-refractivity contribution in [3.05, 3.63) is 23.7 Å². The predicted molar refractivity (Wildman–Crippen MR) is 44.1 cm³/mol. The number of furan rings is 1. The van der Waals surface area contributed by atoms with E-state index in [4.69, 9.17) is 10.2 Å². The van der Waals surface area contributed by atoms with Crippen molar-refractivity contribution in [3.63, 3.8) is 0 Å². The Kier molecular flexibility index (Phi) is 8.01. The van der Waals surface area contributed by atoms with Crippen molar-refractivity contribution >= 4 is 71.1 Å². The molecule has 0 atom stereocenters. The Hall–Kier alpha value is 0.220. The molecule has 60 valence electrons. The van der Waals surface area contributed by atoms with Gasteiger partial charge in [-0.05, 0) is 12.1 Å². The molecule has 0 aromatic carbocycles. The number of carboxylic acid groups (broad SMARTS) is 2. The minimum absolute atomic E-state index is 0. The number of hydrogen-bond donors (Lipinski definition) is 2. The van der Waals surface area contributed by atoms with Crippen LogP contribution in [0.15, 0.2) is 16.5 Å². The molecule has 0 fully saturated rings. The minimum atomic E-state index is -1.28. The molecule has 0 saturated carbocycles. The molecular formula is C6H4Na2O5. The molecule has 1 aromatic heterocycles. The van der Waals surface area contributed by atoms with E-state index in [1.165, 1.54) is 0 Å². The Morgan fingerprint density at radius 3 is 1.46 bits per heavy atom. The van der Waals surface area contributed by atoms with Gasteiger partial charge in [-0.15, -0.1) is 0 Å². The van der Waals surface area contributed by atoms with Crippen LogP contribution in [0.2, 0.25) is 0 Å². The first-order valence-corrected chi connectivity index (χ1v) is 2.67. The SMILES string of the molecule is O=C(O)c1ccc(C(=O)O)o1.[Na].[Na]. The van der Waals surface area contributed by atoms with E-state index in [9.17, 15) is 9.59 Å². The molecule has 1 rings (SSSR count). The fourth-order valence-electron chi connectivity index (χ4n) is 0.568. The fraction of sp³-hybridized carbons (Fsp3) is 0. The number of carboxylic acids is 2. The van der Waals surface area contributed by atoms with E-state index in [-0.39, 0.29) is 70.6 Å². The Labute approximate surface area is 118 Å². The normalized spacial score (nSPS) is 8.00. The molecule has 7 heteroatoms. The van der Waals surface area contributed by atoms with Gasteiger partial charge in [0.25, 0.3) is 0 Å². The summed E-state index contributed by atoms with van der Waals surface area (Å²) in [6.07, 6.45) is 0.